The van der Waals surface area contributed by atoms with E-state index >= 15 is 0 Å². The number of anilines is 1. The molecule has 2 rings (SSSR count). The predicted molar refractivity (Wildman–Crippen MR) is 74.4 cm³/mol. The number of ether oxygens (including phenoxy) is 1. The standard InChI is InChI=1S/C14H14F3N3O2/c1-3-22-11(21)8-20(2)12-9-6-4-5-7-10(9)18-13(19-12)14(15,16)17/h4-7H,3,8H2,1-2H3. The smallest absolute Gasteiger partial charge is 0.451 e. The zero-order valence-electron chi connectivity index (χ0n) is 12.0. The topological polar surface area (TPSA) is 55.3 Å². The predicted octanol–water partition coefficient (Wildman–Crippen LogP) is 2.65. The molecule has 0 aliphatic rings. The molecule has 118 valence electrons. The number of aromatic nitrogens is 2. The van der Waals surface area contributed by atoms with E-state index in [1.165, 1.54) is 18.0 Å². The normalized spacial score (nSPS) is 11.5. The van der Waals surface area contributed by atoms with Crippen molar-refractivity contribution in [1.82, 2.24) is 9.97 Å². The van der Waals surface area contributed by atoms with Crippen molar-refractivity contribution in [2.45, 2.75) is 13.1 Å². The van der Waals surface area contributed by atoms with Crippen molar-refractivity contribution in [2.75, 3.05) is 25.1 Å². The summed E-state index contributed by atoms with van der Waals surface area (Å²) in [6, 6.07) is 6.33. The first-order chi connectivity index (χ1) is 10.3. The summed E-state index contributed by atoms with van der Waals surface area (Å²) < 4.78 is 43.5. The average molecular weight is 313 g/mol. The second kappa shape index (κ2) is 6.17. The largest absolute Gasteiger partial charge is 0.465 e. The molecule has 5 nitrogen and oxygen atoms in total. The Kier molecular flexibility index (Phi) is 4.48. The number of rotatable bonds is 4. The Balaban J connectivity index is 2.48. The van der Waals surface area contributed by atoms with E-state index in [1.54, 1.807) is 25.1 Å². The van der Waals surface area contributed by atoms with Crippen LogP contribution >= 0.6 is 0 Å². The number of carbonyl (C=O) groups is 1. The van der Waals surface area contributed by atoms with E-state index in [0.29, 0.717) is 5.39 Å². The summed E-state index contributed by atoms with van der Waals surface area (Å²) in [5.41, 5.74) is 0.163. The van der Waals surface area contributed by atoms with Gasteiger partial charge in [-0.2, -0.15) is 13.2 Å². The highest BCUT2D eigenvalue weighted by Crippen LogP contribution is 2.31. The van der Waals surface area contributed by atoms with Crippen LogP contribution in [0, 0.1) is 0 Å². The third-order valence-corrected chi connectivity index (χ3v) is 2.87. The van der Waals surface area contributed by atoms with Gasteiger partial charge in [0.2, 0.25) is 5.82 Å². The number of fused-ring (bicyclic) bond motifs is 1. The van der Waals surface area contributed by atoms with Crippen LogP contribution in [0.1, 0.15) is 12.7 Å². The first kappa shape index (κ1) is 16.0. The molecule has 0 fully saturated rings. The summed E-state index contributed by atoms with van der Waals surface area (Å²) in [5.74, 6) is -1.75. The lowest BCUT2D eigenvalue weighted by Crippen LogP contribution is -2.29. The number of esters is 1. The van der Waals surface area contributed by atoms with Gasteiger partial charge < -0.3 is 9.64 Å². The van der Waals surface area contributed by atoms with Crippen LogP contribution in [0.15, 0.2) is 24.3 Å². The highest BCUT2D eigenvalue weighted by molar-refractivity contribution is 5.90. The number of carbonyl (C=O) groups excluding carboxylic acids is 1. The molecule has 0 aliphatic heterocycles. The van der Waals surface area contributed by atoms with E-state index in [4.69, 9.17) is 4.74 Å². The van der Waals surface area contributed by atoms with Crippen LogP contribution in [0.3, 0.4) is 0 Å². The van der Waals surface area contributed by atoms with Crippen LogP contribution < -0.4 is 4.90 Å². The van der Waals surface area contributed by atoms with E-state index < -0.39 is 18.0 Å². The molecule has 0 saturated carbocycles. The quantitative estimate of drug-likeness (QED) is 0.812. The van der Waals surface area contributed by atoms with E-state index in [-0.39, 0.29) is 24.5 Å². The van der Waals surface area contributed by atoms with Crippen molar-refractivity contribution in [3.63, 3.8) is 0 Å². The van der Waals surface area contributed by atoms with Crippen molar-refractivity contribution in [1.29, 1.82) is 0 Å². The lowest BCUT2D eigenvalue weighted by atomic mass is 10.2. The molecule has 1 aromatic carbocycles. The van der Waals surface area contributed by atoms with Gasteiger partial charge in [-0.3, -0.25) is 4.79 Å². The Morgan fingerprint density at radius 3 is 2.59 bits per heavy atom. The summed E-state index contributed by atoms with van der Waals surface area (Å²) in [6.07, 6.45) is -4.66. The molecule has 1 heterocycles. The zero-order valence-corrected chi connectivity index (χ0v) is 12.0. The molecule has 8 heteroatoms. The molecule has 0 unspecified atom stereocenters. The van der Waals surface area contributed by atoms with Gasteiger partial charge in [0.15, 0.2) is 0 Å². The van der Waals surface area contributed by atoms with Crippen molar-refractivity contribution >= 4 is 22.7 Å². The van der Waals surface area contributed by atoms with Gasteiger partial charge in [0.05, 0.1) is 12.1 Å². The van der Waals surface area contributed by atoms with Crippen LogP contribution in [0.25, 0.3) is 10.9 Å². The van der Waals surface area contributed by atoms with E-state index in [2.05, 4.69) is 9.97 Å². The van der Waals surface area contributed by atoms with Gasteiger partial charge in [-0.25, -0.2) is 9.97 Å². The van der Waals surface area contributed by atoms with Crippen LogP contribution in [0.4, 0.5) is 19.0 Å². The highest BCUT2D eigenvalue weighted by Gasteiger charge is 2.36. The van der Waals surface area contributed by atoms with Gasteiger partial charge >= 0.3 is 12.1 Å². The second-order valence-corrected chi connectivity index (χ2v) is 4.55. The summed E-state index contributed by atoms with van der Waals surface area (Å²) in [7, 11) is 1.48. The minimum atomic E-state index is -4.66. The first-order valence-corrected chi connectivity index (χ1v) is 6.53. The number of halogens is 3. The van der Waals surface area contributed by atoms with Gasteiger partial charge in [-0.1, -0.05) is 12.1 Å². The van der Waals surface area contributed by atoms with Crippen LogP contribution in [0.5, 0.6) is 0 Å². The maximum atomic E-state index is 12.9. The molecule has 0 atom stereocenters. The van der Waals surface area contributed by atoms with Crippen molar-refractivity contribution in [2.24, 2.45) is 0 Å². The molecule has 0 N–H and O–H groups in total. The first-order valence-electron chi connectivity index (χ1n) is 6.53. The number of hydrogen-bond acceptors (Lipinski definition) is 5. The molecular weight excluding hydrogens is 299 g/mol. The van der Waals surface area contributed by atoms with Crippen LogP contribution in [-0.4, -0.2) is 36.1 Å². The molecule has 0 aliphatic carbocycles. The maximum absolute atomic E-state index is 12.9. The Morgan fingerprint density at radius 2 is 1.95 bits per heavy atom. The van der Waals surface area contributed by atoms with E-state index in [9.17, 15) is 18.0 Å². The lowest BCUT2D eigenvalue weighted by Gasteiger charge is -2.20. The van der Waals surface area contributed by atoms with Crippen LogP contribution in [0.2, 0.25) is 0 Å². The summed E-state index contributed by atoms with van der Waals surface area (Å²) in [4.78, 5) is 19.9. The molecular formula is C14H14F3N3O2. The van der Waals surface area contributed by atoms with E-state index in [0.717, 1.165) is 0 Å². The van der Waals surface area contributed by atoms with Gasteiger partial charge in [0.1, 0.15) is 12.4 Å². The fraction of sp³-hybridized carbons (Fsp3) is 0.357. The fourth-order valence-corrected chi connectivity index (χ4v) is 1.95. The molecule has 0 spiro atoms. The maximum Gasteiger partial charge on any atom is 0.451 e. The van der Waals surface area contributed by atoms with Crippen molar-refractivity contribution in [3.8, 4) is 0 Å². The minimum Gasteiger partial charge on any atom is -0.465 e. The third kappa shape index (κ3) is 3.44. The second-order valence-electron chi connectivity index (χ2n) is 4.55. The number of likely N-dealkylation sites (N-methyl/N-ethyl adjacent to an activating group) is 1. The number of benzene rings is 1. The van der Waals surface area contributed by atoms with Gasteiger partial charge in [0.25, 0.3) is 0 Å². The molecule has 22 heavy (non-hydrogen) atoms. The highest BCUT2D eigenvalue weighted by atomic mass is 19.4. The average Bonchev–Trinajstić information content (AvgIpc) is 2.45. The van der Waals surface area contributed by atoms with Crippen LogP contribution in [-0.2, 0) is 15.7 Å². The summed E-state index contributed by atoms with van der Waals surface area (Å²) in [5, 5.41) is 0.433. The number of para-hydroxylation sites is 1. The third-order valence-electron chi connectivity index (χ3n) is 2.87. The van der Waals surface area contributed by atoms with Gasteiger partial charge in [0, 0.05) is 12.4 Å². The zero-order chi connectivity index (χ0) is 16.3. The Bertz CT molecular complexity index is 689. The summed E-state index contributed by atoms with van der Waals surface area (Å²) in [6.45, 7) is 1.65. The van der Waals surface area contributed by atoms with Crippen molar-refractivity contribution in [3.05, 3.63) is 30.1 Å². The summed E-state index contributed by atoms with van der Waals surface area (Å²) >= 11 is 0. The molecule has 2 aromatic rings. The SMILES string of the molecule is CCOC(=O)CN(C)c1nc(C(F)(F)F)nc2ccccc12. The molecule has 0 bridgehead atoms. The Hall–Kier alpha value is -2.38. The molecule has 0 radical (unpaired) electrons. The molecule has 0 saturated heterocycles. The molecule has 1 aromatic heterocycles. The number of nitrogens with zero attached hydrogens (tertiary/aromatic N) is 3. The van der Waals surface area contributed by atoms with Gasteiger partial charge in [-0.05, 0) is 19.1 Å². The number of alkyl halides is 3. The Morgan fingerprint density at radius 1 is 1.27 bits per heavy atom. The monoisotopic (exact) mass is 313 g/mol. The Labute approximate surface area is 124 Å². The van der Waals surface area contributed by atoms with Crippen molar-refractivity contribution < 1.29 is 22.7 Å². The fourth-order valence-electron chi connectivity index (χ4n) is 1.95. The molecule has 0 amide bonds. The number of hydrogen-bond donors (Lipinski definition) is 0. The lowest BCUT2D eigenvalue weighted by molar-refractivity contribution is -0.144. The minimum absolute atomic E-state index is 0.0333. The van der Waals surface area contributed by atoms with E-state index in [1.807, 2.05) is 0 Å². The van der Waals surface area contributed by atoms with Gasteiger partial charge in [-0.15, -0.1) is 0 Å².